The number of oxime groups is 1. The second kappa shape index (κ2) is 16.1. The minimum absolute atomic E-state index is 0.0180. The normalized spacial score (nSPS) is 25.0. The topological polar surface area (TPSA) is 209 Å². The van der Waals surface area contributed by atoms with Crippen LogP contribution in [-0.4, -0.2) is 122 Å². The first-order valence-electron chi connectivity index (χ1n) is 16.8. The lowest BCUT2D eigenvalue weighted by molar-refractivity contribution is -0.144. The van der Waals surface area contributed by atoms with Crippen LogP contribution in [0.3, 0.4) is 0 Å². The summed E-state index contributed by atoms with van der Waals surface area (Å²) in [6, 6.07) is -3.25. The zero-order chi connectivity index (χ0) is 35.9. The van der Waals surface area contributed by atoms with Crippen molar-refractivity contribution in [3.63, 3.8) is 0 Å². The molecule has 3 fully saturated rings. The predicted octanol–water partition coefficient (Wildman–Crippen LogP) is 1.31. The van der Waals surface area contributed by atoms with Crippen molar-refractivity contribution in [3.05, 3.63) is 0 Å². The van der Waals surface area contributed by atoms with E-state index in [1.54, 1.807) is 27.7 Å². The zero-order valence-electron chi connectivity index (χ0n) is 29.0. The number of hydrogen-bond donors (Lipinski definition) is 3. The molecule has 0 aromatic heterocycles. The number of nitrogens with zero attached hydrogens (tertiary/aromatic N) is 2. The molecule has 0 radical (unpaired) electrons. The molecule has 1 aliphatic carbocycles. The van der Waals surface area contributed by atoms with Gasteiger partial charge in [-0.25, -0.2) is 19.2 Å². The first-order chi connectivity index (χ1) is 23.2. The molecule has 3 aliphatic heterocycles. The van der Waals surface area contributed by atoms with E-state index in [4.69, 9.17) is 28.5 Å². The third kappa shape index (κ3) is 9.80. The molecule has 2 saturated heterocycles. The summed E-state index contributed by atoms with van der Waals surface area (Å²) in [5, 5.41) is 12.1. The van der Waals surface area contributed by atoms with Crippen LogP contribution in [0.4, 0.5) is 9.59 Å². The average molecular weight is 696 g/mol. The van der Waals surface area contributed by atoms with Crippen LogP contribution >= 0.6 is 0 Å². The number of hydrogen-bond acceptors (Lipinski definition) is 13. The van der Waals surface area contributed by atoms with Crippen molar-refractivity contribution in [2.45, 2.75) is 122 Å². The molecule has 49 heavy (non-hydrogen) atoms. The molecule has 1 saturated carbocycles. The van der Waals surface area contributed by atoms with Crippen LogP contribution < -0.4 is 16.0 Å². The smallest absolute Gasteiger partial charge is 0.418 e. The molecule has 1 spiro atoms. The molecule has 4 aliphatic rings. The van der Waals surface area contributed by atoms with Crippen molar-refractivity contribution in [3.8, 4) is 0 Å². The van der Waals surface area contributed by atoms with Crippen molar-refractivity contribution in [1.82, 2.24) is 20.9 Å². The number of carbonyl (C=O) groups is 6. The Kier molecular flexibility index (Phi) is 12.5. The Morgan fingerprint density at radius 1 is 1.08 bits per heavy atom. The van der Waals surface area contributed by atoms with Crippen molar-refractivity contribution < 1.29 is 57.3 Å². The van der Waals surface area contributed by atoms with E-state index in [0.29, 0.717) is 25.9 Å². The molecule has 4 amide bonds. The highest BCUT2D eigenvalue weighted by Gasteiger charge is 2.56. The Labute approximate surface area is 285 Å². The highest BCUT2D eigenvalue weighted by molar-refractivity contribution is 6.36. The molecule has 3 N–H and O–H groups in total. The summed E-state index contributed by atoms with van der Waals surface area (Å²) in [5.41, 5.74) is -2.23. The molecular weight excluding hydrogens is 646 g/mol. The third-order valence-corrected chi connectivity index (χ3v) is 8.73. The summed E-state index contributed by atoms with van der Waals surface area (Å²) in [5.74, 6) is -2.78. The maximum absolute atomic E-state index is 14.0. The summed E-state index contributed by atoms with van der Waals surface area (Å²) in [6.07, 6.45) is -0.476. The lowest BCUT2D eigenvalue weighted by Gasteiger charge is -2.31. The summed E-state index contributed by atoms with van der Waals surface area (Å²) in [7, 11) is 1.38. The van der Waals surface area contributed by atoms with Crippen LogP contribution in [0.5, 0.6) is 0 Å². The predicted molar refractivity (Wildman–Crippen MR) is 170 cm³/mol. The quantitative estimate of drug-likeness (QED) is 0.142. The maximum Gasteiger partial charge on any atom is 0.418 e. The molecule has 17 heteroatoms. The van der Waals surface area contributed by atoms with Crippen LogP contribution in [0.2, 0.25) is 0 Å². The van der Waals surface area contributed by atoms with Crippen molar-refractivity contribution >= 4 is 41.7 Å². The van der Waals surface area contributed by atoms with E-state index < -0.39 is 71.4 Å². The monoisotopic (exact) mass is 695 g/mol. The molecular formula is C32H49N5O12. The van der Waals surface area contributed by atoms with E-state index in [0.717, 1.165) is 17.7 Å². The van der Waals surface area contributed by atoms with Crippen LogP contribution in [0.15, 0.2) is 5.16 Å². The molecule has 0 aromatic rings. The molecule has 0 bridgehead atoms. The largest absolute Gasteiger partial charge is 0.461 e. The van der Waals surface area contributed by atoms with E-state index in [2.05, 4.69) is 21.1 Å². The maximum atomic E-state index is 14.0. The number of alkyl carbamates (subject to hydrolysis) is 1. The first kappa shape index (κ1) is 37.8. The Balaban J connectivity index is 1.52. The van der Waals surface area contributed by atoms with Gasteiger partial charge in [-0.3, -0.25) is 14.5 Å². The Bertz CT molecular complexity index is 1290. The van der Waals surface area contributed by atoms with E-state index >= 15 is 0 Å². The van der Waals surface area contributed by atoms with Crippen molar-refractivity contribution in [2.75, 3.05) is 33.5 Å². The van der Waals surface area contributed by atoms with Gasteiger partial charge in [0.25, 0.3) is 5.91 Å². The van der Waals surface area contributed by atoms with E-state index in [1.165, 1.54) is 7.11 Å². The number of carbonyl (C=O) groups excluding carboxylic acids is 6. The van der Waals surface area contributed by atoms with Gasteiger partial charge in [0.15, 0.2) is 17.4 Å². The molecule has 274 valence electrons. The first-order valence-corrected chi connectivity index (χ1v) is 16.8. The summed E-state index contributed by atoms with van der Waals surface area (Å²) >= 11 is 0. The Morgan fingerprint density at radius 2 is 1.82 bits per heavy atom. The molecule has 0 aromatic carbocycles. The van der Waals surface area contributed by atoms with Gasteiger partial charge in [-0.05, 0) is 31.6 Å². The van der Waals surface area contributed by atoms with Crippen LogP contribution in [0.1, 0.15) is 79.6 Å². The highest BCUT2D eigenvalue weighted by atomic mass is 16.7. The van der Waals surface area contributed by atoms with Crippen molar-refractivity contribution in [2.24, 2.45) is 10.6 Å². The van der Waals surface area contributed by atoms with Gasteiger partial charge in [0.05, 0.1) is 32.4 Å². The van der Waals surface area contributed by atoms with Gasteiger partial charge < -0.3 is 44.5 Å². The molecule has 1 unspecified atom stereocenters. The number of amides is 4. The van der Waals surface area contributed by atoms with Gasteiger partial charge in [0, 0.05) is 32.4 Å². The summed E-state index contributed by atoms with van der Waals surface area (Å²) in [6.45, 7) is 9.06. The van der Waals surface area contributed by atoms with E-state index in [-0.39, 0.29) is 50.3 Å². The highest BCUT2D eigenvalue weighted by Crippen LogP contribution is 2.38. The van der Waals surface area contributed by atoms with Crippen LogP contribution in [-0.2, 0) is 47.7 Å². The van der Waals surface area contributed by atoms with E-state index in [9.17, 15) is 28.8 Å². The fraction of sp³-hybridized carbons (Fsp3) is 0.781. The number of nitrogens with one attached hydrogen (secondary N) is 3. The van der Waals surface area contributed by atoms with Gasteiger partial charge in [-0.1, -0.05) is 39.3 Å². The fourth-order valence-corrected chi connectivity index (χ4v) is 6.01. The van der Waals surface area contributed by atoms with E-state index in [1.807, 2.05) is 6.92 Å². The third-order valence-electron chi connectivity index (χ3n) is 8.73. The summed E-state index contributed by atoms with van der Waals surface area (Å²) in [4.78, 5) is 85.9. The second-order valence-electron chi connectivity index (χ2n) is 13.9. The SMILES string of the molecule is CCC[C@H](NC(=O)[C@@H]1C[C@]2(CC(C(=O)OCC)=NO2)CN1C(=O)OC(=O)[C@@H](NC(=O)O[C@H]1CCOC1)C(C)(C)C)C(OC)C(=O)NC1CC1. The number of likely N-dealkylation sites (tertiary alicyclic amines) is 1. The number of methoxy groups -OCH3 is 1. The molecule has 4 rings (SSSR count). The summed E-state index contributed by atoms with van der Waals surface area (Å²) < 4.78 is 26.4. The van der Waals surface area contributed by atoms with Gasteiger partial charge in [-0.2, -0.15) is 0 Å². The minimum Gasteiger partial charge on any atom is -0.461 e. The second-order valence-corrected chi connectivity index (χ2v) is 13.9. The molecule has 17 nitrogen and oxygen atoms in total. The molecule has 3 heterocycles. The van der Waals surface area contributed by atoms with Gasteiger partial charge in [-0.15, -0.1) is 0 Å². The lowest BCUT2D eigenvalue weighted by Crippen LogP contribution is -2.56. The zero-order valence-corrected chi connectivity index (χ0v) is 29.0. The number of ether oxygens (including phenoxy) is 5. The van der Waals surface area contributed by atoms with Crippen molar-refractivity contribution in [1.29, 1.82) is 0 Å². The fourth-order valence-electron chi connectivity index (χ4n) is 6.01. The van der Waals surface area contributed by atoms with Crippen LogP contribution in [0, 0.1) is 5.41 Å². The number of rotatable bonds is 13. The Morgan fingerprint density at radius 3 is 2.41 bits per heavy atom. The van der Waals surface area contributed by atoms with Gasteiger partial charge in [0.1, 0.15) is 18.2 Å². The standard InChI is InChI=1S/C32H49N5O12/c1-7-9-20(23(44-6)26(39)33-18-10-11-18)34-25(38)22-15-32(14-21(36-49-32)27(40)46-8-2)17-37(22)30(43)48-28(41)24(31(3,4)5)35-29(42)47-19-12-13-45-16-19/h18-20,22-24H,7-17H2,1-6H3,(H,33,39)(H,34,38)(H,35,42)/t19-,20-,22-,23?,24+,32+/m0/s1. The lowest BCUT2D eigenvalue weighted by atomic mass is 9.87. The van der Waals surface area contributed by atoms with Gasteiger partial charge in [0.2, 0.25) is 5.91 Å². The number of esters is 2. The van der Waals surface area contributed by atoms with Crippen LogP contribution in [0.25, 0.3) is 0 Å². The minimum atomic E-state index is -1.31. The Hall–Kier alpha value is -3.99. The molecule has 6 atom stereocenters. The van der Waals surface area contributed by atoms with Gasteiger partial charge >= 0.3 is 24.1 Å². The average Bonchev–Trinajstić information content (AvgIpc) is 3.39.